The molecule has 0 heterocycles. The minimum absolute atomic E-state index is 0.0778. The zero-order valence-electron chi connectivity index (χ0n) is 11.7. The fourth-order valence-corrected chi connectivity index (χ4v) is 3.45. The van der Waals surface area contributed by atoms with Crippen molar-refractivity contribution in [2.75, 3.05) is 0 Å². The normalized spacial score (nSPS) is 33.7. The molecule has 120 valence electrons. The van der Waals surface area contributed by atoms with Crippen LogP contribution in [0.5, 0.6) is 0 Å². The maximum Gasteiger partial charge on any atom is 0.391 e. The van der Waals surface area contributed by atoms with Gasteiger partial charge in [0.15, 0.2) is 0 Å². The second-order valence-corrected chi connectivity index (χ2v) is 6.09. The van der Waals surface area contributed by atoms with Gasteiger partial charge in [0.25, 0.3) is 0 Å². The predicted octanol–water partition coefficient (Wildman–Crippen LogP) is 2.72. The number of carbonyl (C=O) groups is 2. The standard InChI is InChI=1S/C14H20F3NO3/c15-14(16,17)9-4-1-3-8(7-9)12(19)18-11-6-2-5-10(11)13(20)21/h8-11H,1-7H2,(H,18,19)(H,20,21)/t8?,9?,10-,11+/m1/s1. The largest absolute Gasteiger partial charge is 0.481 e. The summed E-state index contributed by atoms with van der Waals surface area (Å²) in [4.78, 5) is 23.2. The lowest BCUT2D eigenvalue weighted by Crippen LogP contribution is -2.44. The highest BCUT2D eigenvalue weighted by Gasteiger charge is 2.44. The van der Waals surface area contributed by atoms with E-state index in [9.17, 15) is 22.8 Å². The lowest BCUT2D eigenvalue weighted by Gasteiger charge is -2.31. The van der Waals surface area contributed by atoms with E-state index in [0.717, 1.165) is 6.42 Å². The number of halogens is 3. The second kappa shape index (κ2) is 6.23. The van der Waals surface area contributed by atoms with Crippen molar-refractivity contribution in [3.8, 4) is 0 Å². The Hall–Kier alpha value is -1.27. The number of carboxylic acid groups (broad SMARTS) is 1. The van der Waals surface area contributed by atoms with Gasteiger partial charge in [0.1, 0.15) is 0 Å². The number of alkyl halides is 3. The maximum absolute atomic E-state index is 12.7. The van der Waals surface area contributed by atoms with Crippen LogP contribution in [0.25, 0.3) is 0 Å². The molecule has 2 unspecified atom stereocenters. The summed E-state index contributed by atoms with van der Waals surface area (Å²) in [6, 6.07) is -0.443. The molecule has 0 spiro atoms. The van der Waals surface area contributed by atoms with Crippen LogP contribution in [-0.4, -0.2) is 29.2 Å². The van der Waals surface area contributed by atoms with E-state index in [2.05, 4.69) is 5.32 Å². The van der Waals surface area contributed by atoms with Crippen molar-refractivity contribution in [2.24, 2.45) is 17.8 Å². The Bertz CT molecular complexity index is 411. The lowest BCUT2D eigenvalue weighted by atomic mass is 9.80. The molecular weight excluding hydrogens is 287 g/mol. The Morgan fingerprint density at radius 3 is 2.33 bits per heavy atom. The SMILES string of the molecule is O=C(N[C@H]1CCC[C@H]1C(=O)O)C1CCCC(C(F)(F)F)C1. The van der Waals surface area contributed by atoms with Crippen molar-refractivity contribution < 1.29 is 27.9 Å². The molecule has 0 aliphatic heterocycles. The van der Waals surface area contributed by atoms with Crippen LogP contribution >= 0.6 is 0 Å². The molecule has 0 radical (unpaired) electrons. The molecular formula is C14H20F3NO3. The van der Waals surface area contributed by atoms with E-state index in [4.69, 9.17) is 5.11 Å². The first-order chi connectivity index (χ1) is 9.79. The zero-order chi connectivity index (χ0) is 15.6. The van der Waals surface area contributed by atoms with Gasteiger partial charge in [-0.25, -0.2) is 0 Å². The highest BCUT2D eigenvalue weighted by Crippen LogP contribution is 2.40. The Balaban J connectivity index is 1.92. The average Bonchev–Trinajstić information content (AvgIpc) is 2.86. The van der Waals surface area contributed by atoms with Gasteiger partial charge in [-0.3, -0.25) is 9.59 Å². The van der Waals surface area contributed by atoms with Crippen molar-refractivity contribution in [2.45, 2.75) is 57.2 Å². The van der Waals surface area contributed by atoms with E-state index in [1.807, 2.05) is 0 Å². The van der Waals surface area contributed by atoms with Crippen molar-refractivity contribution in [3.63, 3.8) is 0 Å². The third-order valence-electron chi connectivity index (χ3n) is 4.67. The van der Waals surface area contributed by atoms with Crippen LogP contribution in [0.15, 0.2) is 0 Å². The molecule has 2 aliphatic carbocycles. The van der Waals surface area contributed by atoms with Crippen LogP contribution < -0.4 is 5.32 Å². The molecule has 4 nitrogen and oxygen atoms in total. The minimum atomic E-state index is -4.25. The fraction of sp³-hybridized carbons (Fsp3) is 0.857. The first-order valence-electron chi connectivity index (χ1n) is 7.39. The summed E-state index contributed by atoms with van der Waals surface area (Å²) in [5.74, 6) is -4.05. The molecule has 2 fully saturated rings. The maximum atomic E-state index is 12.7. The summed E-state index contributed by atoms with van der Waals surface area (Å²) in [6.07, 6.45) is -1.71. The number of amides is 1. The van der Waals surface area contributed by atoms with Crippen LogP contribution in [0.4, 0.5) is 13.2 Å². The van der Waals surface area contributed by atoms with Crippen LogP contribution in [0.3, 0.4) is 0 Å². The van der Waals surface area contributed by atoms with Crippen molar-refractivity contribution in [1.82, 2.24) is 5.32 Å². The molecule has 0 aromatic heterocycles. The zero-order valence-corrected chi connectivity index (χ0v) is 11.7. The van der Waals surface area contributed by atoms with Gasteiger partial charge in [0, 0.05) is 12.0 Å². The molecule has 0 saturated heterocycles. The van der Waals surface area contributed by atoms with Gasteiger partial charge >= 0.3 is 12.1 Å². The number of hydrogen-bond acceptors (Lipinski definition) is 2. The highest BCUT2D eigenvalue weighted by molar-refractivity contribution is 5.80. The predicted molar refractivity (Wildman–Crippen MR) is 68.4 cm³/mol. The molecule has 0 aromatic rings. The van der Waals surface area contributed by atoms with Crippen LogP contribution in [-0.2, 0) is 9.59 Å². The van der Waals surface area contributed by atoms with Crippen molar-refractivity contribution >= 4 is 11.9 Å². The molecule has 2 aliphatic rings. The summed E-state index contributed by atoms with van der Waals surface area (Å²) in [6.45, 7) is 0. The average molecular weight is 307 g/mol. The quantitative estimate of drug-likeness (QED) is 0.842. The molecule has 2 rings (SSSR count). The summed E-state index contributed by atoms with van der Waals surface area (Å²) < 4.78 is 38.2. The smallest absolute Gasteiger partial charge is 0.391 e. The third-order valence-corrected chi connectivity index (χ3v) is 4.67. The number of rotatable bonds is 3. The van der Waals surface area contributed by atoms with Crippen molar-refractivity contribution in [3.05, 3.63) is 0 Å². The summed E-state index contributed by atoms with van der Waals surface area (Å²) in [5, 5.41) is 11.7. The first kappa shape index (κ1) is 16.1. The van der Waals surface area contributed by atoms with E-state index >= 15 is 0 Å². The molecule has 2 N–H and O–H groups in total. The molecule has 7 heteroatoms. The summed E-state index contributed by atoms with van der Waals surface area (Å²) in [7, 11) is 0. The topological polar surface area (TPSA) is 66.4 Å². The van der Waals surface area contributed by atoms with Gasteiger partial charge in [-0.2, -0.15) is 13.2 Å². The van der Waals surface area contributed by atoms with Gasteiger partial charge in [-0.05, 0) is 32.1 Å². The Morgan fingerprint density at radius 2 is 1.71 bits per heavy atom. The van der Waals surface area contributed by atoms with E-state index in [0.29, 0.717) is 25.7 Å². The number of carbonyl (C=O) groups excluding carboxylic acids is 1. The second-order valence-electron chi connectivity index (χ2n) is 6.09. The van der Waals surface area contributed by atoms with Gasteiger partial charge in [0.05, 0.1) is 11.8 Å². The van der Waals surface area contributed by atoms with Gasteiger partial charge < -0.3 is 10.4 Å². The first-order valence-corrected chi connectivity index (χ1v) is 7.39. The van der Waals surface area contributed by atoms with Gasteiger partial charge in [-0.1, -0.05) is 12.8 Å². The van der Waals surface area contributed by atoms with E-state index in [1.165, 1.54) is 0 Å². The summed E-state index contributed by atoms with van der Waals surface area (Å²) in [5.41, 5.74) is 0. The summed E-state index contributed by atoms with van der Waals surface area (Å²) >= 11 is 0. The molecule has 2 saturated carbocycles. The molecule has 21 heavy (non-hydrogen) atoms. The number of nitrogens with one attached hydrogen (secondary N) is 1. The molecule has 0 aromatic carbocycles. The number of hydrogen-bond donors (Lipinski definition) is 2. The van der Waals surface area contributed by atoms with E-state index < -0.39 is 41.8 Å². The van der Waals surface area contributed by atoms with E-state index in [1.54, 1.807) is 0 Å². The van der Waals surface area contributed by atoms with E-state index in [-0.39, 0.29) is 12.8 Å². The molecule has 0 bridgehead atoms. The number of aliphatic carboxylic acids is 1. The highest BCUT2D eigenvalue weighted by atomic mass is 19.4. The van der Waals surface area contributed by atoms with Gasteiger partial charge in [0.2, 0.25) is 5.91 Å². The fourth-order valence-electron chi connectivity index (χ4n) is 3.45. The lowest BCUT2D eigenvalue weighted by molar-refractivity contribution is -0.186. The van der Waals surface area contributed by atoms with Gasteiger partial charge in [-0.15, -0.1) is 0 Å². The number of carboxylic acids is 1. The Labute approximate surface area is 121 Å². The Kier molecular flexibility index (Phi) is 4.78. The van der Waals surface area contributed by atoms with Crippen LogP contribution in [0, 0.1) is 17.8 Å². The third kappa shape index (κ3) is 3.89. The van der Waals surface area contributed by atoms with Crippen molar-refractivity contribution in [1.29, 1.82) is 0 Å². The van der Waals surface area contributed by atoms with Crippen LogP contribution in [0.1, 0.15) is 44.9 Å². The minimum Gasteiger partial charge on any atom is -0.481 e. The molecule has 4 atom stereocenters. The molecule has 1 amide bonds. The Morgan fingerprint density at radius 1 is 1.05 bits per heavy atom. The van der Waals surface area contributed by atoms with Crippen LogP contribution in [0.2, 0.25) is 0 Å². The monoisotopic (exact) mass is 307 g/mol.